The van der Waals surface area contributed by atoms with E-state index in [1.807, 2.05) is 11.4 Å². The number of fused-ring (bicyclic) bond motifs is 2. The number of hydrogen-bond donors (Lipinski definition) is 0. The van der Waals surface area contributed by atoms with Crippen molar-refractivity contribution in [3.05, 3.63) is 71.8 Å². The number of piperidine rings is 1. The third-order valence-corrected chi connectivity index (χ3v) is 5.55. The van der Waals surface area contributed by atoms with Gasteiger partial charge in [-0.05, 0) is 54.8 Å². The molecule has 1 saturated heterocycles. The van der Waals surface area contributed by atoms with Crippen LogP contribution in [0.4, 0.5) is 0 Å². The Balaban J connectivity index is 1.39. The van der Waals surface area contributed by atoms with Crippen molar-refractivity contribution >= 4 is 16.6 Å². The highest BCUT2D eigenvalue weighted by Gasteiger charge is 2.24. The average Bonchev–Trinajstić information content (AvgIpc) is 3.16. The SMILES string of the molecule is Cc1cc([C@@H]2CCCN(Cc3ccc4ccccc4c3)C2)n2ncnc2n1. The maximum Gasteiger partial charge on any atom is 0.252 e. The van der Waals surface area contributed by atoms with Crippen molar-refractivity contribution in [2.75, 3.05) is 13.1 Å². The zero-order valence-electron chi connectivity index (χ0n) is 15.5. The van der Waals surface area contributed by atoms with Gasteiger partial charge in [0, 0.05) is 24.7 Å². The Labute approximate surface area is 158 Å². The third kappa shape index (κ3) is 3.19. The normalized spacial score (nSPS) is 18.3. The molecule has 2 aromatic carbocycles. The molecule has 4 aromatic rings. The number of likely N-dealkylation sites (tertiary alicyclic amines) is 1. The van der Waals surface area contributed by atoms with E-state index in [4.69, 9.17) is 0 Å². The quantitative estimate of drug-likeness (QED) is 0.557. The van der Waals surface area contributed by atoms with Gasteiger partial charge in [0.2, 0.25) is 0 Å². The maximum absolute atomic E-state index is 4.48. The van der Waals surface area contributed by atoms with Crippen molar-refractivity contribution in [1.82, 2.24) is 24.5 Å². The molecule has 0 spiro atoms. The topological polar surface area (TPSA) is 46.3 Å². The molecule has 2 aromatic heterocycles. The van der Waals surface area contributed by atoms with E-state index < -0.39 is 0 Å². The van der Waals surface area contributed by atoms with Gasteiger partial charge in [0.05, 0.1) is 5.69 Å². The molecule has 1 atom stereocenters. The van der Waals surface area contributed by atoms with Crippen LogP contribution >= 0.6 is 0 Å². The minimum atomic E-state index is 0.463. The van der Waals surface area contributed by atoms with Gasteiger partial charge in [-0.15, -0.1) is 0 Å². The van der Waals surface area contributed by atoms with E-state index >= 15 is 0 Å². The van der Waals surface area contributed by atoms with Crippen LogP contribution in [0, 0.1) is 6.92 Å². The highest BCUT2D eigenvalue weighted by molar-refractivity contribution is 5.82. The molecule has 0 unspecified atom stereocenters. The lowest BCUT2D eigenvalue weighted by Gasteiger charge is -2.33. The Hall–Kier alpha value is -2.79. The van der Waals surface area contributed by atoms with Crippen molar-refractivity contribution in [3.63, 3.8) is 0 Å². The second-order valence-electron chi connectivity index (χ2n) is 7.55. The van der Waals surface area contributed by atoms with Gasteiger partial charge in [-0.2, -0.15) is 10.1 Å². The Kier molecular flexibility index (Phi) is 4.09. The van der Waals surface area contributed by atoms with Crippen LogP contribution in [-0.2, 0) is 6.54 Å². The first-order valence-electron chi connectivity index (χ1n) is 9.63. The summed E-state index contributed by atoms with van der Waals surface area (Å²) in [6.07, 6.45) is 3.99. The molecule has 27 heavy (non-hydrogen) atoms. The van der Waals surface area contributed by atoms with Crippen molar-refractivity contribution in [1.29, 1.82) is 0 Å². The van der Waals surface area contributed by atoms with Crippen LogP contribution in [0.5, 0.6) is 0 Å². The highest BCUT2D eigenvalue weighted by atomic mass is 15.3. The van der Waals surface area contributed by atoms with Crippen molar-refractivity contribution in [2.24, 2.45) is 0 Å². The zero-order valence-corrected chi connectivity index (χ0v) is 15.5. The fourth-order valence-corrected chi connectivity index (χ4v) is 4.29. The van der Waals surface area contributed by atoms with Gasteiger partial charge < -0.3 is 0 Å². The van der Waals surface area contributed by atoms with Gasteiger partial charge in [-0.25, -0.2) is 9.50 Å². The molecule has 0 amide bonds. The Morgan fingerprint density at radius 3 is 2.89 bits per heavy atom. The summed E-state index contributed by atoms with van der Waals surface area (Å²) in [5.41, 5.74) is 3.63. The number of hydrogen-bond acceptors (Lipinski definition) is 4. The van der Waals surface area contributed by atoms with E-state index in [1.165, 1.54) is 34.9 Å². The molecule has 136 valence electrons. The molecule has 0 N–H and O–H groups in total. The molecule has 0 saturated carbocycles. The zero-order chi connectivity index (χ0) is 18.2. The van der Waals surface area contributed by atoms with Gasteiger partial charge in [0.15, 0.2) is 0 Å². The number of benzene rings is 2. The van der Waals surface area contributed by atoms with Crippen LogP contribution < -0.4 is 0 Å². The van der Waals surface area contributed by atoms with Gasteiger partial charge in [-0.3, -0.25) is 4.90 Å². The number of aromatic nitrogens is 4. The van der Waals surface area contributed by atoms with E-state index in [-0.39, 0.29) is 0 Å². The summed E-state index contributed by atoms with van der Waals surface area (Å²) >= 11 is 0. The smallest absolute Gasteiger partial charge is 0.252 e. The molecule has 0 bridgehead atoms. The highest BCUT2D eigenvalue weighted by Crippen LogP contribution is 2.28. The molecule has 3 heterocycles. The summed E-state index contributed by atoms with van der Waals surface area (Å²) in [6, 6.07) is 17.6. The minimum absolute atomic E-state index is 0.463. The van der Waals surface area contributed by atoms with Crippen LogP contribution in [0.15, 0.2) is 54.9 Å². The van der Waals surface area contributed by atoms with Crippen molar-refractivity contribution in [2.45, 2.75) is 32.2 Å². The van der Waals surface area contributed by atoms with Gasteiger partial charge >= 0.3 is 0 Å². The molecule has 5 rings (SSSR count). The summed E-state index contributed by atoms with van der Waals surface area (Å²) in [5, 5.41) is 7.02. The van der Waals surface area contributed by atoms with Crippen LogP contribution in [-0.4, -0.2) is 37.6 Å². The lowest BCUT2D eigenvalue weighted by atomic mass is 9.93. The standard InChI is InChI=1S/C22H23N5/c1-16-11-21(27-22(25-16)23-15-24-27)20-7-4-10-26(14-20)13-17-8-9-18-5-2-3-6-19(18)12-17/h2-3,5-6,8-9,11-12,15,20H,4,7,10,13-14H2,1H3/t20-/m1/s1. The van der Waals surface area contributed by atoms with Gasteiger partial charge in [0.25, 0.3) is 5.78 Å². The molecule has 0 aliphatic carbocycles. The van der Waals surface area contributed by atoms with Crippen LogP contribution in [0.1, 0.15) is 35.7 Å². The summed E-state index contributed by atoms with van der Waals surface area (Å²) in [4.78, 5) is 11.3. The molecular formula is C22H23N5. The fourth-order valence-electron chi connectivity index (χ4n) is 4.29. The number of rotatable bonds is 3. The molecule has 0 radical (unpaired) electrons. The molecule has 1 aliphatic heterocycles. The van der Waals surface area contributed by atoms with Crippen LogP contribution in [0.3, 0.4) is 0 Å². The van der Waals surface area contributed by atoms with Crippen LogP contribution in [0.25, 0.3) is 16.6 Å². The Morgan fingerprint density at radius 2 is 1.96 bits per heavy atom. The van der Waals surface area contributed by atoms with Gasteiger partial charge in [-0.1, -0.05) is 36.4 Å². The maximum atomic E-state index is 4.48. The number of nitrogens with zero attached hydrogens (tertiary/aromatic N) is 5. The first-order valence-corrected chi connectivity index (χ1v) is 9.63. The summed E-state index contributed by atoms with van der Waals surface area (Å²) in [7, 11) is 0. The predicted molar refractivity (Wildman–Crippen MR) is 107 cm³/mol. The largest absolute Gasteiger partial charge is 0.298 e. The Bertz CT molecular complexity index is 1100. The minimum Gasteiger partial charge on any atom is -0.298 e. The van der Waals surface area contributed by atoms with Crippen LogP contribution in [0.2, 0.25) is 0 Å². The molecule has 1 aliphatic rings. The van der Waals surface area contributed by atoms with E-state index in [2.05, 4.69) is 68.5 Å². The second kappa shape index (κ2) is 6.74. The van der Waals surface area contributed by atoms with Crippen molar-refractivity contribution < 1.29 is 0 Å². The molecular weight excluding hydrogens is 334 g/mol. The molecule has 1 fully saturated rings. The average molecular weight is 357 g/mol. The third-order valence-electron chi connectivity index (χ3n) is 5.55. The van der Waals surface area contributed by atoms with E-state index in [0.29, 0.717) is 11.7 Å². The lowest BCUT2D eigenvalue weighted by Crippen LogP contribution is -2.34. The first kappa shape index (κ1) is 16.4. The lowest BCUT2D eigenvalue weighted by molar-refractivity contribution is 0.197. The summed E-state index contributed by atoms with van der Waals surface area (Å²) < 4.78 is 1.91. The fraction of sp³-hybridized carbons (Fsp3) is 0.318. The van der Waals surface area contributed by atoms with E-state index in [1.54, 1.807) is 6.33 Å². The summed E-state index contributed by atoms with van der Waals surface area (Å²) in [5.74, 6) is 1.17. The van der Waals surface area contributed by atoms with Crippen molar-refractivity contribution in [3.8, 4) is 0 Å². The second-order valence-corrected chi connectivity index (χ2v) is 7.55. The number of aryl methyl sites for hydroxylation is 1. The molecule has 5 nitrogen and oxygen atoms in total. The summed E-state index contributed by atoms with van der Waals surface area (Å²) in [6.45, 7) is 5.22. The monoisotopic (exact) mass is 357 g/mol. The predicted octanol–water partition coefficient (Wildman–Crippen LogP) is 3.97. The first-order chi connectivity index (χ1) is 13.3. The Morgan fingerprint density at radius 1 is 1.07 bits per heavy atom. The van der Waals surface area contributed by atoms with E-state index in [0.717, 1.165) is 25.3 Å². The molecule has 5 heteroatoms. The van der Waals surface area contributed by atoms with E-state index in [9.17, 15) is 0 Å². The van der Waals surface area contributed by atoms with Gasteiger partial charge in [0.1, 0.15) is 6.33 Å².